The van der Waals surface area contributed by atoms with Crippen LogP contribution in [-0.2, 0) is 17.1 Å². The van der Waals surface area contributed by atoms with Crippen molar-refractivity contribution in [1.29, 1.82) is 0 Å². The van der Waals surface area contributed by atoms with Crippen molar-refractivity contribution in [1.82, 2.24) is 8.87 Å². The van der Waals surface area contributed by atoms with Crippen molar-refractivity contribution in [2.24, 2.45) is 12.0 Å². The van der Waals surface area contributed by atoms with Crippen LogP contribution in [0.15, 0.2) is 46.3 Å². The van der Waals surface area contributed by atoms with Crippen molar-refractivity contribution in [3.8, 4) is 0 Å². The number of amides is 1. The van der Waals surface area contributed by atoms with E-state index in [0.717, 1.165) is 4.70 Å². The number of benzene rings is 2. The highest BCUT2D eigenvalue weighted by molar-refractivity contribution is 7.89. The average Bonchev–Trinajstić information content (AvgIpc) is 3.01. The monoisotopic (exact) mass is 471 g/mol. The quantitative estimate of drug-likeness (QED) is 0.556. The minimum Gasteiger partial charge on any atom is -0.318 e. The molecule has 0 fully saturated rings. The van der Waals surface area contributed by atoms with Gasteiger partial charge in [-0.25, -0.2) is 8.42 Å². The molecule has 154 valence electrons. The van der Waals surface area contributed by atoms with Crippen LogP contribution in [0.4, 0.5) is 0 Å². The fraction of sp³-hybridized carbons (Fsp3) is 0.263. The maximum atomic E-state index is 12.6. The van der Waals surface area contributed by atoms with Gasteiger partial charge in [0.15, 0.2) is 4.80 Å². The highest BCUT2D eigenvalue weighted by Crippen LogP contribution is 2.31. The first-order chi connectivity index (χ1) is 13.7. The highest BCUT2D eigenvalue weighted by atomic mass is 35.5. The summed E-state index contributed by atoms with van der Waals surface area (Å²) in [7, 11) is -1.82. The minimum absolute atomic E-state index is 0.145. The normalized spacial score (nSPS) is 12.8. The third-order valence-electron chi connectivity index (χ3n) is 4.50. The lowest BCUT2D eigenvalue weighted by Gasteiger charge is -2.18. The standard InChI is InChI=1S/C19H19Cl2N3O3S2/c1-4-24(5-2)29(26,27)13-8-6-12(7-9-13)18(25)22-19-23(3)17-15(28-19)11-10-14(20)16(17)21/h6-11H,4-5H2,1-3H3. The van der Waals surface area contributed by atoms with Crippen molar-refractivity contribution in [2.75, 3.05) is 13.1 Å². The van der Waals surface area contributed by atoms with Gasteiger partial charge in [-0.15, -0.1) is 0 Å². The van der Waals surface area contributed by atoms with E-state index in [1.54, 1.807) is 31.5 Å². The van der Waals surface area contributed by atoms with Gasteiger partial charge in [0.05, 0.1) is 25.2 Å². The molecule has 0 aliphatic heterocycles. The number of aromatic nitrogens is 1. The number of nitrogens with zero attached hydrogens (tertiary/aromatic N) is 3. The van der Waals surface area contributed by atoms with E-state index in [1.165, 1.54) is 39.9 Å². The third-order valence-corrected chi connectivity index (χ3v) is 8.45. The number of thiazole rings is 1. The van der Waals surface area contributed by atoms with Gasteiger partial charge in [-0.3, -0.25) is 4.79 Å². The van der Waals surface area contributed by atoms with Crippen LogP contribution in [0.5, 0.6) is 0 Å². The van der Waals surface area contributed by atoms with Gasteiger partial charge < -0.3 is 4.57 Å². The van der Waals surface area contributed by atoms with Gasteiger partial charge in [-0.1, -0.05) is 48.4 Å². The van der Waals surface area contributed by atoms with Crippen LogP contribution >= 0.6 is 34.5 Å². The first-order valence-electron chi connectivity index (χ1n) is 8.83. The van der Waals surface area contributed by atoms with Crippen molar-refractivity contribution in [3.63, 3.8) is 0 Å². The van der Waals surface area contributed by atoms with Crippen molar-refractivity contribution >= 4 is 60.7 Å². The average molecular weight is 472 g/mol. The number of sulfonamides is 1. The van der Waals surface area contributed by atoms with Gasteiger partial charge in [0.1, 0.15) is 0 Å². The third kappa shape index (κ3) is 4.13. The van der Waals surface area contributed by atoms with Crippen LogP contribution in [0.2, 0.25) is 10.0 Å². The Morgan fingerprint density at radius 3 is 2.31 bits per heavy atom. The predicted molar refractivity (Wildman–Crippen MR) is 117 cm³/mol. The zero-order valence-electron chi connectivity index (χ0n) is 16.0. The van der Waals surface area contributed by atoms with Gasteiger partial charge >= 0.3 is 0 Å². The Kier molecular flexibility index (Phi) is 6.50. The van der Waals surface area contributed by atoms with Crippen molar-refractivity contribution in [3.05, 3.63) is 56.8 Å². The summed E-state index contributed by atoms with van der Waals surface area (Å²) in [6, 6.07) is 9.32. The second-order valence-electron chi connectivity index (χ2n) is 6.18. The Hall–Kier alpha value is -1.71. The van der Waals surface area contributed by atoms with E-state index in [4.69, 9.17) is 23.2 Å². The number of aryl methyl sites for hydroxylation is 1. The molecule has 3 rings (SSSR count). The number of hydrogen-bond acceptors (Lipinski definition) is 4. The molecule has 0 spiro atoms. The molecule has 3 aromatic rings. The number of fused-ring (bicyclic) bond motifs is 1. The number of halogens is 2. The van der Waals surface area contributed by atoms with Gasteiger partial charge in [-0.05, 0) is 36.4 Å². The van der Waals surface area contributed by atoms with E-state index < -0.39 is 15.9 Å². The topological polar surface area (TPSA) is 71.7 Å². The van der Waals surface area contributed by atoms with Crippen LogP contribution < -0.4 is 4.80 Å². The zero-order chi connectivity index (χ0) is 21.3. The first-order valence-corrected chi connectivity index (χ1v) is 11.8. The molecule has 0 saturated carbocycles. The zero-order valence-corrected chi connectivity index (χ0v) is 19.2. The molecule has 0 aliphatic carbocycles. The van der Waals surface area contributed by atoms with E-state index in [2.05, 4.69) is 4.99 Å². The maximum Gasteiger partial charge on any atom is 0.279 e. The summed E-state index contributed by atoms with van der Waals surface area (Å²) in [6.45, 7) is 4.32. The van der Waals surface area contributed by atoms with Crippen molar-refractivity contribution in [2.45, 2.75) is 18.7 Å². The number of carbonyl (C=O) groups is 1. The van der Waals surface area contributed by atoms with Gasteiger partial charge in [0, 0.05) is 25.7 Å². The molecular weight excluding hydrogens is 453 g/mol. The summed E-state index contributed by atoms with van der Waals surface area (Å²) in [5.41, 5.74) is 1.00. The summed E-state index contributed by atoms with van der Waals surface area (Å²) in [4.78, 5) is 17.4. The second kappa shape index (κ2) is 8.57. The smallest absolute Gasteiger partial charge is 0.279 e. The Balaban J connectivity index is 1.97. The lowest BCUT2D eigenvalue weighted by molar-refractivity contribution is 0.0998. The molecule has 10 heteroatoms. The number of rotatable bonds is 5. The lowest BCUT2D eigenvalue weighted by Crippen LogP contribution is -2.30. The summed E-state index contributed by atoms with van der Waals surface area (Å²) in [5.74, 6) is -0.471. The maximum absolute atomic E-state index is 12.6. The fourth-order valence-electron chi connectivity index (χ4n) is 2.91. The van der Waals surface area contributed by atoms with E-state index in [-0.39, 0.29) is 4.90 Å². The summed E-state index contributed by atoms with van der Waals surface area (Å²) < 4.78 is 29.1. The molecule has 2 aromatic carbocycles. The second-order valence-corrected chi connectivity index (χ2v) is 9.91. The van der Waals surface area contributed by atoms with Crippen LogP contribution in [0.3, 0.4) is 0 Å². The molecule has 1 amide bonds. The SMILES string of the molecule is CCN(CC)S(=O)(=O)c1ccc(C(=O)N=c2sc3ccc(Cl)c(Cl)c3n2C)cc1. The molecule has 0 atom stereocenters. The van der Waals surface area contributed by atoms with Crippen LogP contribution in [0.1, 0.15) is 24.2 Å². The van der Waals surface area contributed by atoms with Crippen LogP contribution in [-0.4, -0.2) is 36.3 Å². The molecule has 29 heavy (non-hydrogen) atoms. The van der Waals surface area contributed by atoms with Gasteiger partial charge in [0.2, 0.25) is 10.0 Å². The van der Waals surface area contributed by atoms with Gasteiger partial charge in [0.25, 0.3) is 5.91 Å². The Morgan fingerprint density at radius 2 is 1.72 bits per heavy atom. The molecule has 0 unspecified atom stereocenters. The summed E-state index contributed by atoms with van der Waals surface area (Å²) >= 11 is 13.7. The van der Waals surface area contributed by atoms with E-state index in [0.29, 0.717) is 39.0 Å². The first kappa shape index (κ1) is 22.0. The molecule has 1 heterocycles. The minimum atomic E-state index is -3.57. The van der Waals surface area contributed by atoms with Crippen molar-refractivity contribution < 1.29 is 13.2 Å². The van der Waals surface area contributed by atoms with E-state index in [1.807, 2.05) is 6.07 Å². The number of carbonyl (C=O) groups excluding carboxylic acids is 1. The number of hydrogen-bond donors (Lipinski definition) is 0. The Morgan fingerprint density at radius 1 is 1.10 bits per heavy atom. The van der Waals surface area contributed by atoms with Crippen LogP contribution in [0.25, 0.3) is 10.2 Å². The molecule has 0 radical (unpaired) electrons. The summed E-state index contributed by atoms with van der Waals surface area (Å²) in [5, 5.41) is 0.832. The van der Waals surface area contributed by atoms with E-state index in [9.17, 15) is 13.2 Å². The fourth-order valence-corrected chi connectivity index (χ4v) is 5.89. The molecule has 6 nitrogen and oxygen atoms in total. The molecule has 0 bridgehead atoms. The largest absolute Gasteiger partial charge is 0.318 e. The highest BCUT2D eigenvalue weighted by Gasteiger charge is 2.21. The molecular formula is C19H19Cl2N3O3S2. The molecule has 0 saturated heterocycles. The Labute approximate surface area is 183 Å². The summed E-state index contributed by atoms with van der Waals surface area (Å²) in [6.07, 6.45) is 0. The Bertz CT molecular complexity index is 1240. The predicted octanol–water partition coefficient (Wildman–Crippen LogP) is 4.32. The van der Waals surface area contributed by atoms with Gasteiger partial charge in [-0.2, -0.15) is 9.30 Å². The van der Waals surface area contributed by atoms with Crippen LogP contribution in [0, 0.1) is 0 Å². The lowest BCUT2D eigenvalue weighted by atomic mass is 10.2. The van der Waals surface area contributed by atoms with E-state index >= 15 is 0 Å². The molecule has 0 aliphatic rings. The molecule has 0 N–H and O–H groups in total. The molecule has 1 aromatic heterocycles.